The van der Waals surface area contributed by atoms with Gasteiger partial charge in [0.1, 0.15) is 12.7 Å². The van der Waals surface area contributed by atoms with Crippen LogP contribution in [0.2, 0.25) is 0 Å². The van der Waals surface area contributed by atoms with Crippen LogP contribution in [0.5, 0.6) is 0 Å². The molecule has 1 saturated heterocycles. The normalized spacial score (nSPS) is 14.4. The highest BCUT2D eigenvalue weighted by atomic mass is 15.5. The molecule has 6 rings (SSSR count). The van der Waals surface area contributed by atoms with Gasteiger partial charge in [-0.25, -0.2) is 24.9 Å². The lowest BCUT2D eigenvalue weighted by Crippen LogP contribution is -2.34. The highest BCUT2D eigenvalue weighted by Gasteiger charge is 2.25. The number of rotatable bonds is 6. The molecule has 6 heterocycles. The molecule has 5 aromatic rings. The molecule has 12 heteroatoms. The Bertz CT molecular complexity index is 1470. The minimum absolute atomic E-state index is 0.371. The summed E-state index contributed by atoms with van der Waals surface area (Å²) in [5.74, 6) is 2.52. The fraction of sp³-hybridized carbons (Fsp3) is 0.333. The zero-order valence-electron chi connectivity index (χ0n) is 20.2. The number of nitrogens with one attached hydrogen (secondary N) is 1. The van der Waals surface area contributed by atoms with Crippen LogP contribution in [0.15, 0.2) is 49.4 Å². The Balaban J connectivity index is 1.19. The van der Waals surface area contributed by atoms with Gasteiger partial charge in [0.05, 0.1) is 22.6 Å². The second-order valence-corrected chi connectivity index (χ2v) is 8.84. The molecule has 12 nitrogen and oxygen atoms in total. The average molecular weight is 483 g/mol. The number of imidazole rings is 1. The number of hydrogen-bond donors (Lipinski definition) is 1. The molecule has 0 bridgehead atoms. The number of hydrogen-bond acceptors (Lipinski definition) is 10. The number of aromatic nitrogens is 10. The Labute approximate surface area is 207 Å². The maximum absolute atomic E-state index is 4.80. The lowest BCUT2D eigenvalue weighted by molar-refractivity contribution is 0.494. The number of piperidine rings is 1. The largest absolute Gasteiger partial charge is 0.341 e. The number of anilines is 3. The maximum Gasteiger partial charge on any atom is 0.225 e. The number of aryl methyl sites for hydroxylation is 2. The smallest absolute Gasteiger partial charge is 0.225 e. The van der Waals surface area contributed by atoms with E-state index < -0.39 is 0 Å². The first-order valence-electron chi connectivity index (χ1n) is 12.1. The van der Waals surface area contributed by atoms with E-state index in [1.54, 1.807) is 0 Å². The van der Waals surface area contributed by atoms with Crippen molar-refractivity contribution in [2.24, 2.45) is 0 Å². The second kappa shape index (κ2) is 9.29. The summed E-state index contributed by atoms with van der Waals surface area (Å²) in [5, 5.41) is 14.6. The first kappa shape index (κ1) is 22.0. The van der Waals surface area contributed by atoms with Crippen molar-refractivity contribution >= 4 is 23.1 Å². The zero-order chi connectivity index (χ0) is 24.5. The topological polar surface area (TPSA) is 128 Å². The highest BCUT2D eigenvalue weighted by Crippen LogP contribution is 2.32. The Morgan fingerprint density at radius 1 is 1.00 bits per heavy atom. The van der Waals surface area contributed by atoms with Crippen LogP contribution in [-0.2, 0) is 6.42 Å². The van der Waals surface area contributed by atoms with Gasteiger partial charge in [-0.05, 0) is 60.4 Å². The first-order valence-corrected chi connectivity index (χ1v) is 12.1. The minimum Gasteiger partial charge on any atom is -0.341 e. The van der Waals surface area contributed by atoms with E-state index in [4.69, 9.17) is 4.98 Å². The van der Waals surface area contributed by atoms with Crippen LogP contribution in [0.4, 0.5) is 17.6 Å². The molecular formula is C24H26N12. The van der Waals surface area contributed by atoms with E-state index in [-0.39, 0.29) is 0 Å². The van der Waals surface area contributed by atoms with Crippen molar-refractivity contribution < 1.29 is 0 Å². The van der Waals surface area contributed by atoms with Crippen molar-refractivity contribution in [2.45, 2.75) is 39.0 Å². The van der Waals surface area contributed by atoms with E-state index in [0.717, 1.165) is 66.5 Å². The Kier molecular flexibility index (Phi) is 5.68. The fourth-order valence-corrected chi connectivity index (χ4v) is 4.59. The SMILES string of the molecule is CCc1cnc(N2CCC(c3ncn4c(Nc5ccc(-n6cnnn6)nc5C)nccc34)CC2)nc1. The summed E-state index contributed by atoms with van der Waals surface area (Å²) in [5.41, 5.74) is 4.98. The lowest BCUT2D eigenvalue weighted by atomic mass is 9.93. The fourth-order valence-electron chi connectivity index (χ4n) is 4.59. The van der Waals surface area contributed by atoms with Crippen LogP contribution in [0.25, 0.3) is 11.3 Å². The summed E-state index contributed by atoms with van der Waals surface area (Å²) in [7, 11) is 0. The summed E-state index contributed by atoms with van der Waals surface area (Å²) in [6.07, 6.45) is 12.0. The number of nitrogens with zero attached hydrogens (tertiary/aromatic N) is 11. The average Bonchev–Trinajstić information content (AvgIpc) is 3.61. The molecule has 0 unspecified atom stereocenters. The van der Waals surface area contributed by atoms with Crippen molar-refractivity contribution in [1.82, 2.24) is 49.5 Å². The molecule has 5 aromatic heterocycles. The van der Waals surface area contributed by atoms with Gasteiger partial charge in [-0.1, -0.05) is 6.92 Å². The molecule has 0 saturated carbocycles. The molecule has 0 aromatic carbocycles. The molecule has 1 N–H and O–H groups in total. The molecular weight excluding hydrogens is 456 g/mol. The number of pyridine rings is 1. The van der Waals surface area contributed by atoms with Crippen LogP contribution in [-0.4, -0.2) is 62.6 Å². The maximum atomic E-state index is 4.80. The Hall–Kier alpha value is -4.48. The zero-order valence-corrected chi connectivity index (χ0v) is 20.2. The number of fused-ring (bicyclic) bond motifs is 1. The molecule has 1 aliphatic heterocycles. The van der Waals surface area contributed by atoms with Crippen LogP contribution < -0.4 is 10.2 Å². The summed E-state index contributed by atoms with van der Waals surface area (Å²) >= 11 is 0. The van der Waals surface area contributed by atoms with Crippen molar-refractivity contribution in [3.05, 3.63) is 66.4 Å². The lowest BCUT2D eigenvalue weighted by Gasteiger charge is -2.31. The summed E-state index contributed by atoms with van der Waals surface area (Å²) < 4.78 is 3.53. The van der Waals surface area contributed by atoms with E-state index >= 15 is 0 Å². The van der Waals surface area contributed by atoms with E-state index in [9.17, 15) is 0 Å². The highest BCUT2D eigenvalue weighted by molar-refractivity contribution is 5.63. The third-order valence-electron chi connectivity index (χ3n) is 6.66. The predicted molar refractivity (Wildman–Crippen MR) is 134 cm³/mol. The van der Waals surface area contributed by atoms with E-state index in [1.807, 2.05) is 54.4 Å². The molecule has 0 spiro atoms. The molecule has 182 valence electrons. The summed E-state index contributed by atoms with van der Waals surface area (Å²) in [6, 6.07) is 5.83. The van der Waals surface area contributed by atoms with Gasteiger partial charge < -0.3 is 10.2 Å². The van der Waals surface area contributed by atoms with Gasteiger partial charge in [0.25, 0.3) is 0 Å². The molecule has 0 aliphatic carbocycles. The number of tetrazole rings is 1. The Morgan fingerprint density at radius 2 is 1.83 bits per heavy atom. The monoisotopic (exact) mass is 482 g/mol. The van der Waals surface area contributed by atoms with Crippen LogP contribution in [0.1, 0.15) is 42.6 Å². The van der Waals surface area contributed by atoms with Gasteiger partial charge in [-0.3, -0.25) is 4.40 Å². The van der Waals surface area contributed by atoms with Gasteiger partial charge in [0.2, 0.25) is 11.9 Å². The van der Waals surface area contributed by atoms with Crippen molar-refractivity contribution in [3.63, 3.8) is 0 Å². The molecule has 1 fully saturated rings. The van der Waals surface area contributed by atoms with Crippen LogP contribution in [0, 0.1) is 6.92 Å². The first-order chi connectivity index (χ1) is 17.7. The predicted octanol–water partition coefficient (Wildman–Crippen LogP) is 2.89. The third-order valence-corrected chi connectivity index (χ3v) is 6.66. The molecule has 0 radical (unpaired) electrons. The minimum atomic E-state index is 0.371. The molecule has 0 amide bonds. The van der Waals surface area contributed by atoms with Crippen LogP contribution in [0.3, 0.4) is 0 Å². The Morgan fingerprint density at radius 3 is 2.56 bits per heavy atom. The van der Waals surface area contributed by atoms with Gasteiger partial charge >= 0.3 is 0 Å². The quantitative estimate of drug-likeness (QED) is 0.386. The second-order valence-electron chi connectivity index (χ2n) is 8.84. The van der Waals surface area contributed by atoms with Crippen molar-refractivity contribution in [3.8, 4) is 5.82 Å². The van der Waals surface area contributed by atoms with E-state index in [1.165, 1.54) is 11.0 Å². The standard InChI is InChI=1S/C24H26N12/c1-3-17-12-26-23(27-13-17)34-10-7-18(8-11-34)22-20-6-9-25-24(35(20)14-28-22)31-19-4-5-21(30-16(19)2)36-15-29-32-33-36/h4-6,9,12-15,18H,3,7-8,10-11H2,1-2H3,(H,25,31). The van der Waals surface area contributed by atoms with Gasteiger partial charge in [-0.15, -0.1) is 5.10 Å². The summed E-state index contributed by atoms with van der Waals surface area (Å²) in [4.78, 5) is 25.3. The van der Waals surface area contributed by atoms with Crippen molar-refractivity contribution in [2.75, 3.05) is 23.3 Å². The van der Waals surface area contributed by atoms with Gasteiger partial charge in [-0.2, -0.15) is 4.68 Å². The third kappa shape index (κ3) is 4.10. The van der Waals surface area contributed by atoms with E-state index in [0.29, 0.717) is 17.7 Å². The van der Waals surface area contributed by atoms with Crippen LogP contribution >= 0.6 is 0 Å². The van der Waals surface area contributed by atoms with Crippen molar-refractivity contribution in [1.29, 1.82) is 0 Å². The molecule has 36 heavy (non-hydrogen) atoms. The van der Waals surface area contributed by atoms with Gasteiger partial charge in [0.15, 0.2) is 5.82 Å². The molecule has 0 atom stereocenters. The van der Waals surface area contributed by atoms with E-state index in [2.05, 4.69) is 52.6 Å². The van der Waals surface area contributed by atoms with Gasteiger partial charge in [0, 0.05) is 37.6 Å². The molecule has 1 aliphatic rings. The summed E-state index contributed by atoms with van der Waals surface area (Å²) in [6.45, 7) is 5.86.